The zero-order valence-corrected chi connectivity index (χ0v) is 14.9. The summed E-state index contributed by atoms with van der Waals surface area (Å²) in [5.41, 5.74) is -0.109. The van der Waals surface area contributed by atoms with Gasteiger partial charge in [0.1, 0.15) is 6.10 Å². The van der Waals surface area contributed by atoms with Crippen LogP contribution in [-0.4, -0.2) is 50.3 Å². The molecule has 0 heterocycles. The number of benzene rings is 1. The van der Waals surface area contributed by atoms with Crippen LogP contribution < -0.4 is 10.5 Å². The number of carboxylic acids is 1. The van der Waals surface area contributed by atoms with E-state index in [2.05, 4.69) is 5.32 Å². The van der Waals surface area contributed by atoms with Gasteiger partial charge >= 0.3 is 5.97 Å². The molecule has 1 aliphatic rings. The van der Waals surface area contributed by atoms with E-state index in [-0.39, 0.29) is 23.8 Å². The van der Waals surface area contributed by atoms with E-state index in [1.165, 1.54) is 24.3 Å². The summed E-state index contributed by atoms with van der Waals surface area (Å²) in [5, 5.41) is 49.5. The summed E-state index contributed by atoms with van der Waals surface area (Å²) in [6.07, 6.45) is 1.84. The van der Waals surface area contributed by atoms with Gasteiger partial charge in [0.05, 0.1) is 24.8 Å². The van der Waals surface area contributed by atoms with Crippen molar-refractivity contribution in [3.05, 3.63) is 29.8 Å². The van der Waals surface area contributed by atoms with E-state index in [9.17, 15) is 19.8 Å². The van der Waals surface area contributed by atoms with Crippen molar-refractivity contribution in [3.63, 3.8) is 0 Å². The number of carbonyl (C=O) groups excluding carboxylic acids is 1. The van der Waals surface area contributed by atoms with E-state index in [0.29, 0.717) is 18.4 Å². The van der Waals surface area contributed by atoms with E-state index in [4.69, 9.17) is 15.5 Å². The molecule has 2 atom stereocenters. The van der Waals surface area contributed by atoms with Crippen molar-refractivity contribution < 1.29 is 35.3 Å². The lowest BCUT2D eigenvalue weighted by molar-refractivity contribution is -0.140. The topological polar surface area (TPSA) is 151 Å². The minimum Gasteiger partial charge on any atom is -0.481 e. The Bertz CT molecular complexity index is 642. The number of amides is 1. The SMILES string of the molecule is O=C(O)CC1(CC(=O)NC(CO)C(O)c2ccc(N(O)O)cc2)CCCC1. The molecule has 0 saturated heterocycles. The fourth-order valence-electron chi connectivity index (χ4n) is 3.72. The molecule has 0 aromatic heterocycles. The molecule has 150 valence electrons. The highest BCUT2D eigenvalue weighted by Crippen LogP contribution is 2.44. The first-order chi connectivity index (χ1) is 12.8. The van der Waals surface area contributed by atoms with Crippen LogP contribution in [0.5, 0.6) is 0 Å². The summed E-state index contributed by atoms with van der Waals surface area (Å²) in [4.78, 5) is 23.6. The van der Waals surface area contributed by atoms with Crippen LogP contribution in [0.2, 0.25) is 0 Å². The zero-order chi connectivity index (χ0) is 20.0. The van der Waals surface area contributed by atoms with Gasteiger partial charge in [-0.3, -0.25) is 20.0 Å². The molecule has 1 aromatic carbocycles. The highest BCUT2D eigenvalue weighted by atomic mass is 16.8. The predicted octanol–water partition coefficient (Wildman–Crippen LogP) is 1.21. The molecule has 0 bridgehead atoms. The minimum atomic E-state index is -1.21. The van der Waals surface area contributed by atoms with Crippen molar-refractivity contribution >= 4 is 17.6 Å². The number of aliphatic hydroxyl groups excluding tert-OH is 2. The molecule has 0 radical (unpaired) electrons. The largest absolute Gasteiger partial charge is 0.481 e. The maximum Gasteiger partial charge on any atom is 0.303 e. The minimum absolute atomic E-state index is 0.0332. The summed E-state index contributed by atoms with van der Waals surface area (Å²) in [7, 11) is 0. The number of rotatable bonds is 9. The molecule has 0 aliphatic heterocycles. The Morgan fingerprint density at radius 2 is 1.70 bits per heavy atom. The molecular formula is C18H26N2O7. The average Bonchev–Trinajstić information content (AvgIpc) is 3.06. The number of hydrogen-bond donors (Lipinski definition) is 6. The molecule has 2 rings (SSSR count). The molecule has 2 unspecified atom stereocenters. The van der Waals surface area contributed by atoms with Gasteiger partial charge in [-0.25, -0.2) is 0 Å². The fourth-order valence-corrected chi connectivity index (χ4v) is 3.72. The number of anilines is 1. The summed E-state index contributed by atoms with van der Waals surface area (Å²) in [6.45, 7) is -0.507. The Hall–Kier alpha value is -2.20. The Morgan fingerprint density at radius 1 is 1.11 bits per heavy atom. The van der Waals surface area contributed by atoms with Crippen LogP contribution in [0, 0.1) is 5.41 Å². The average molecular weight is 382 g/mol. The predicted molar refractivity (Wildman–Crippen MR) is 94.2 cm³/mol. The fraction of sp³-hybridized carbons (Fsp3) is 0.556. The maximum absolute atomic E-state index is 12.4. The van der Waals surface area contributed by atoms with E-state index in [1.807, 2.05) is 0 Å². The maximum atomic E-state index is 12.4. The molecule has 9 nitrogen and oxygen atoms in total. The number of hydrogen-bond acceptors (Lipinski definition) is 7. The number of aliphatic carboxylic acids is 1. The Labute approximate surface area is 156 Å². The molecular weight excluding hydrogens is 356 g/mol. The second kappa shape index (κ2) is 9.14. The van der Waals surface area contributed by atoms with Gasteiger partial charge in [0.15, 0.2) is 0 Å². The first kappa shape index (κ1) is 21.1. The Morgan fingerprint density at radius 3 is 2.19 bits per heavy atom. The summed E-state index contributed by atoms with van der Waals surface area (Å²) >= 11 is 0. The van der Waals surface area contributed by atoms with E-state index in [1.54, 1.807) is 0 Å². The van der Waals surface area contributed by atoms with Crippen LogP contribution in [0.4, 0.5) is 5.69 Å². The normalized spacial score (nSPS) is 17.9. The highest BCUT2D eigenvalue weighted by molar-refractivity contribution is 5.78. The third-order valence-corrected chi connectivity index (χ3v) is 5.12. The van der Waals surface area contributed by atoms with E-state index >= 15 is 0 Å². The highest BCUT2D eigenvalue weighted by Gasteiger charge is 2.38. The van der Waals surface area contributed by atoms with Gasteiger partial charge in [-0.15, -0.1) is 5.23 Å². The number of nitrogens with zero attached hydrogens (tertiary/aromatic N) is 1. The molecule has 1 aromatic rings. The van der Waals surface area contributed by atoms with Crippen LogP contribution in [0.1, 0.15) is 50.2 Å². The molecule has 1 aliphatic carbocycles. The van der Waals surface area contributed by atoms with Gasteiger partial charge in [-0.1, -0.05) is 25.0 Å². The van der Waals surface area contributed by atoms with Crippen LogP contribution >= 0.6 is 0 Å². The van der Waals surface area contributed by atoms with Gasteiger partial charge in [0, 0.05) is 6.42 Å². The van der Waals surface area contributed by atoms with Gasteiger partial charge in [0.25, 0.3) is 0 Å². The van der Waals surface area contributed by atoms with Crippen molar-refractivity contribution in [3.8, 4) is 0 Å². The quantitative estimate of drug-likeness (QED) is 0.349. The van der Waals surface area contributed by atoms with Crippen LogP contribution in [0.3, 0.4) is 0 Å². The summed E-state index contributed by atoms with van der Waals surface area (Å²) in [5.74, 6) is -1.35. The monoisotopic (exact) mass is 382 g/mol. The smallest absolute Gasteiger partial charge is 0.303 e. The molecule has 1 saturated carbocycles. The van der Waals surface area contributed by atoms with Crippen LogP contribution in [0.25, 0.3) is 0 Å². The summed E-state index contributed by atoms with van der Waals surface area (Å²) < 4.78 is 0. The lowest BCUT2D eigenvalue weighted by Crippen LogP contribution is -2.43. The molecule has 6 N–H and O–H groups in total. The van der Waals surface area contributed by atoms with Crippen molar-refractivity contribution in [2.75, 3.05) is 11.8 Å². The standard InChI is InChI=1S/C18H26N2O7/c21-11-14(17(25)12-3-5-13(6-4-12)20(26)27)19-15(22)9-18(10-16(23)24)7-1-2-8-18/h3-6,14,17,21,25-27H,1-2,7-11H2,(H,19,22)(H,23,24). The van der Waals surface area contributed by atoms with Crippen molar-refractivity contribution in [2.24, 2.45) is 5.41 Å². The van der Waals surface area contributed by atoms with E-state index in [0.717, 1.165) is 12.8 Å². The summed E-state index contributed by atoms with van der Waals surface area (Å²) in [6, 6.07) is 4.63. The van der Waals surface area contributed by atoms with Gasteiger partial charge < -0.3 is 20.6 Å². The van der Waals surface area contributed by atoms with E-state index < -0.39 is 36.0 Å². The lowest BCUT2D eigenvalue weighted by atomic mass is 9.79. The third kappa shape index (κ3) is 5.64. The number of nitrogens with one attached hydrogen (secondary N) is 1. The molecule has 27 heavy (non-hydrogen) atoms. The Balaban J connectivity index is 2.02. The Kier molecular flexibility index (Phi) is 7.14. The number of carboxylic acid groups (broad SMARTS) is 1. The molecule has 9 heteroatoms. The van der Waals surface area contributed by atoms with Crippen molar-refractivity contribution in [1.82, 2.24) is 5.32 Å². The van der Waals surface area contributed by atoms with Crippen molar-refractivity contribution in [1.29, 1.82) is 0 Å². The third-order valence-electron chi connectivity index (χ3n) is 5.12. The van der Waals surface area contributed by atoms with Crippen molar-refractivity contribution in [2.45, 2.75) is 50.7 Å². The van der Waals surface area contributed by atoms with Gasteiger partial charge in [-0.05, 0) is 36.0 Å². The number of aliphatic hydroxyl groups is 2. The first-order valence-electron chi connectivity index (χ1n) is 8.84. The lowest BCUT2D eigenvalue weighted by Gasteiger charge is -2.29. The first-order valence-corrected chi connectivity index (χ1v) is 8.84. The van der Waals surface area contributed by atoms with Crippen LogP contribution in [-0.2, 0) is 9.59 Å². The second-order valence-electron chi connectivity index (χ2n) is 7.14. The van der Waals surface area contributed by atoms with Gasteiger partial charge in [-0.2, -0.15) is 0 Å². The zero-order valence-electron chi connectivity index (χ0n) is 14.9. The molecule has 1 amide bonds. The van der Waals surface area contributed by atoms with Gasteiger partial charge in [0.2, 0.25) is 5.91 Å². The molecule has 1 fully saturated rings. The molecule has 0 spiro atoms. The van der Waals surface area contributed by atoms with Crippen LogP contribution in [0.15, 0.2) is 24.3 Å². The second-order valence-corrected chi connectivity index (χ2v) is 7.14. The number of carbonyl (C=O) groups is 2.